The minimum absolute atomic E-state index is 0.195. The van der Waals surface area contributed by atoms with E-state index in [2.05, 4.69) is 0 Å². The van der Waals surface area contributed by atoms with Crippen LogP contribution >= 0.6 is 0 Å². The first-order valence-electron chi connectivity index (χ1n) is 10.8. The van der Waals surface area contributed by atoms with Gasteiger partial charge in [0.25, 0.3) is 0 Å². The van der Waals surface area contributed by atoms with Crippen LogP contribution in [-0.2, 0) is 25.7 Å². The first kappa shape index (κ1) is 22.1. The molecule has 5 nitrogen and oxygen atoms in total. The van der Waals surface area contributed by atoms with Gasteiger partial charge >= 0.3 is 0 Å². The predicted octanol–water partition coefficient (Wildman–Crippen LogP) is 5.87. The number of phenolic OH excluding ortho intramolecular Hbond substituents is 4. The van der Waals surface area contributed by atoms with E-state index in [4.69, 9.17) is 4.74 Å². The summed E-state index contributed by atoms with van der Waals surface area (Å²) in [6.45, 7) is 0. The van der Waals surface area contributed by atoms with E-state index in [9.17, 15) is 20.4 Å². The number of aromatic hydroxyl groups is 4. The lowest BCUT2D eigenvalue weighted by Crippen LogP contribution is -1.95. The van der Waals surface area contributed by atoms with Gasteiger partial charge in [-0.25, -0.2) is 0 Å². The zero-order chi connectivity index (χ0) is 23.2. The number of ether oxygens (including phenoxy) is 1. The summed E-state index contributed by atoms with van der Waals surface area (Å²) in [5.41, 5.74) is 3.99. The van der Waals surface area contributed by atoms with Crippen molar-refractivity contribution in [3.05, 3.63) is 107 Å². The molecule has 5 heteroatoms. The van der Waals surface area contributed by atoms with Crippen LogP contribution in [0.3, 0.4) is 0 Å². The summed E-state index contributed by atoms with van der Waals surface area (Å²) in [5.74, 6) is 0.711. The van der Waals surface area contributed by atoms with Crippen LogP contribution in [-0.4, -0.2) is 20.4 Å². The molecule has 0 saturated carbocycles. The van der Waals surface area contributed by atoms with Crippen molar-refractivity contribution in [2.45, 2.75) is 25.7 Å². The highest BCUT2D eigenvalue weighted by Crippen LogP contribution is 2.39. The van der Waals surface area contributed by atoms with Gasteiger partial charge in [0.05, 0.1) is 0 Å². The van der Waals surface area contributed by atoms with Crippen LogP contribution < -0.4 is 4.74 Å². The molecule has 33 heavy (non-hydrogen) atoms. The number of hydrogen-bond donors (Lipinski definition) is 4. The molecule has 0 atom stereocenters. The quantitative estimate of drug-likeness (QED) is 0.256. The molecule has 0 aromatic heterocycles. The lowest BCUT2D eigenvalue weighted by atomic mass is 10.0. The Labute approximate surface area is 192 Å². The van der Waals surface area contributed by atoms with E-state index in [1.165, 1.54) is 6.07 Å². The molecule has 0 aliphatic heterocycles. The molecule has 4 aromatic carbocycles. The Morgan fingerprint density at radius 2 is 1.15 bits per heavy atom. The fourth-order valence-electron chi connectivity index (χ4n) is 3.71. The predicted molar refractivity (Wildman–Crippen MR) is 127 cm³/mol. The van der Waals surface area contributed by atoms with Crippen LogP contribution in [0.25, 0.3) is 0 Å². The van der Waals surface area contributed by atoms with Crippen molar-refractivity contribution >= 4 is 0 Å². The summed E-state index contributed by atoms with van der Waals surface area (Å²) in [6, 6.07) is 25.1. The summed E-state index contributed by atoms with van der Waals surface area (Å²) in [4.78, 5) is 0. The molecule has 0 fully saturated rings. The van der Waals surface area contributed by atoms with Crippen molar-refractivity contribution in [3.63, 3.8) is 0 Å². The second-order valence-electron chi connectivity index (χ2n) is 8.05. The Hall–Kier alpha value is -4.12. The molecule has 4 aromatic rings. The van der Waals surface area contributed by atoms with Crippen molar-refractivity contribution in [2.75, 3.05) is 0 Å². The van der Waals surface area contributed by atoms with Crippen LogP contribution in [0.4, 0.5) is 0 Å². The first-order valence-corrected chi connectivity index (χ1v) is 10.8. The number of hydrogen-bond acceptors (Lipinski definition) is 5. The average Bonchev–Trinajstić information content (AvgIpc) is 2.81. The maximum absolute atomic E-state index is 10.3. The van der Waals surface area contributed by atoms with Gasteiger partial charge in [-0.3, -0.25) is 0 Å². The highest BCUT2D eigenvalue weighted by molar-refractivity contribution is 5.53. The van der Waals surface area contributed by atoms with Gasteiger partial charge in [-0.05, 0) is 96.5 Å². The third kappa shape index (κ3) is 5.98. The van der Waals surface area contributed by atoms with E-state index < -0.39 is 0 Å². The second kappa shape index (κ2) is 10.0. The average molecular weight is 443 g/mol. The maximum atomic E-state index is 10.3. The Bertz CT molecular complexity index is 1230. The molecule has 4 N–H and O–H groups in total. The zero-order valence-corrected chi connectivity index (χ0v) is 18.1. The topological polar surface area (TPSA) is 90.2 Å². The fraction of sp³-hybridized carbons (Fsp3) is 0.143. The van der Waals surface area contributed by atoms with Gasteiger partial charge in [0, 0.05) is 0 Å². The van der Waals surface area contributed by atoms with E-state index in [0.717, 1.165) is 35.1 Å². The normalized spacial score (nSPS) is 10.8. The van der Waals surface area contributed by atoms with Gasteiger partial charge in [-0.15, -0.1) is 0 Å². The van der Waals surface area contributed by atoms with Crippen molar-refractivity contribution in [1.29, 1.82) is 0 Å². The summed E-state index contributed by atoms with van der Waals surface area (Å²) in [7, 11) is 0. The van der Waals surface area contributed by atoms with E-state index >= 15 is 0 Å². The van der Waals surface area contributed by atoms with Crippen molar-refractivity contribution in [2.24, 2.45) is 0 Å². The monoisotopic (exact) mass is 442 g/mol. The SMILES string of the molecule is Oc1ccc(CCc2cc(O)c(O)c(Oc3cccc(CCc4cccc(O)c4)c3)c2)cc1. The van der Waals surface area contributed by atoms with Crippen LogP contribution in [0.15, 0.2) is 84.9 Å². The summed E-state index contributed by atoms with van der Waals surface area (Å²) >= 11 is 0. The van der Waals surface area contributed by atoms with Gasteiger partial charge in [0.2, 0.25) is 5.75 Å². The van der Waals surface area contributed by atoms with E-state index in [-0.39, 0.29) is 28.7 Å². The standard InChI is InChI=1S/C28H26O5/c29-23-13-11-19(12-14-23)7-10-22-17-26(31)28(32)27(18-22)33-25-6-2-4-21(16-25)9-8-20-3-1-5-24(30)15-20/h1-6,11-18,29-32H,7-10H2. The van der Waals surface area contributed by atoms with E-state index in [1.54, 1.807) is 36.4 Å². The van der Waals surface area contributed by atoms with Crippen LogP contribution in [0.5, 0.6) is 34.5 Å². The molecule has 0 bridgehead atoms. The number of aryl methyl sites for hydroxylation is 4. The van der Waals surface area contributed by atoms with Gasteiger partial charge in [-0.2, -0.15) is 0 Å². The van der Waals surface area contributed by atoms with Crippen LogP contribution in [0.1, 0.15) is 22.3 Å². The van der Waals surface area contributed by atoms with Crippen LogP contribution in [0, 0.1) is 0 Å². The van der Waals surface area contributed by atoms with Gasteiger partial charge in [0.15, 0.2) is 11.5 Å². The molecule has 168 valence electrons. The minimum Gasteiger partial charge on any atom is -0.508 e. The molecular weight excluding hydrogens is 416 g/mol. The zero-order valence-electron chi connectivity index (χ0n) is 18.1. The van der Waals surface area contributed by atoms with E-state index in [0.29, 0.717) is 18.6 Å². The maximum Gasteiger partial charge on any atom is 0.201 e. The van der Waals surface area contributed by atoms with E-state index in [1.807, 2.05) is 42.5 Å². The van der Waals surface area contributed by atoms with Gasteiger partial charge < -0.3 is 25.2 Å². The van der Waals surface area contributed by atoms with Crippen LogP contribution in [0.2, 0.25) is 0 Å². The summed E-state index contributed by atoms with van der Waals surface area (Å²) in [5, 5.41) is 39.6. The molecule has 0 aliphatic carbocycles. The molecule has 0 spiro atoms. The Balaban J connectivity index is 1.45. The molecule has 0 radical (unpaired) electrons. The highest BCUT2D eigenvalue weighted by atomic mass is 16.5. The molecule has 0 aliphatic rings. The van der Waals surface area contributed by atoms with Gasteiger partial charge in [0.1, 0.15) is 17.2 Å². The second-order valence-corrected chi connectivity index (χ2v) is 8.05. The summed E-state index contributed by atoms with van der Waals surface area (Å²) in [6.07, 6.45) is 2.90. The highest BCUT2D eigenvalue weighted by Gasteiger charge is 2.12. The smallest absolute Gasteiger partial charge is 0.201 e. The number of benzene rings is 4. The van der Waals surface area contributed by atoms with Crippen molar-refractivity contribution in [1.82, 2.24) is 0 Å². The Morgan fingerprint density at radius 1 is 0.515 bits per heavy atom. The first-order chi connectivity index (χ1) is 16.0. The largest absolute Gasteiger partial charge is 0.508 e. The lowest BCUT2D eigenvalue weighted by molar-refractivity contribution is 0.372. The molecule has 0 amide bonds. The molecular formula is C28H26O5. The molecule has 4 rings (SSSR count). The fourth-order valence-corrected chi connectivity index (χ4v) is 3.71. The van der Waals surface area contributed by atoms with Crippen molar-refractivity contribution in [3.8, 4) is 34.5 Å². The summed E-state index contributed by atoms with van der Waals surface area (Å²) < 4.78 is 5.93. The Morgan fingerprint density at radius 3 is 1.88 bits per heavy atom. The molecule has 0 saturated heterocycles. The number of rotatable bonds is 8. The Kier molecular flexibility index (Phi) is 6.69. The molecule has 0 unspecified atom stereocenters. The third-order valence-corrected chi connectivity index (χ3v) is 5.49. The number of phenols is 4. The van der Waals surface area contributed by atoms with Crippen molar-refractivity contribution < 1.29 is 25.2 Å². The molecule has 0 heterocycles. The third-order valence-electron chi connectivity index (χ3n) is 5.49. The van der Waals surface area contributed by atoms with Gasteiger partial charge in [-0.1, -0.05) is 36.4 Å². The lowest BCUT2D eigenvalue weighted by Gasteiger charge is -2.12. The minimum atomic E-state index is -0.298.